The highest BCUT2D eigenvalue weighted by Crippen LogP contribution is 2.29. The maximum absolute atomic E-state index is 12.8. The first-order chi connectivity index (χ1) is 14.3. The van der Waals surface area contributed by atoms with Crippen LogP contribution in [-0.4, -0.2) is 50.1 Å². The van der Waals surface area contributed by atoms with Gasteiger partial charge in [-0.1, -0.05) is 18.2 Å². The lowest BCUT2D eigenvalue weighted by Gasteiger charge is -2.32. The Balaban J connectivity index is 1.34. The SMILES string of the molecule is Cn1nc(CCNC(=O)N2CCCC(n3ccc(C(F)(F)F)n3)C2)c2ccccc21. The van der Waals surface area contributed by atoms with Crippen molar-refractivity contribution >= 4 is 16.9 Å². The smallest absolute Gasteiger partial charge is 0.338 e. The van der Waals surface area contributed by atoms with E-state index in [1.807, 2.05) is 36.0 Å². The summed E-state index contributed by atoms with van der Waals surface area (Å²) in [6, 6.07) is 8.41. The van der Waals surface area contributed by atoms with Crippen LogP contribution in [0.3, 0.4) is 0 Å². The summed E-state index contributed by atoms with van der Waals surface area (Å²) in [5, 5.41) is 12.1. The van der Waals surface area contributed by atoms with E-state index in [9.17, 15) is 18.0 Å². The molecule has 30 heavy (non-hydrogen) atoms. The monoisotopic (exact) mass is 420 g/mol. The minimum Gasteiger partial charge on any atom is -0.338 e. The van der Waals surface area contributed by atoms with E-state index in [4.69, 9.17) is 0 Å². The van der Waals surface area contributed by atoms with Gasteiger partial charge in [0.1, 0.15) is 0 Å². The molecular formula is C20H23F3N6O. The van der Waals surface area contributed by atoms with Crippen LogP contribution in [0.15, 0.2) is 36.5 Å². The van der Waals surface area contributed by atoms with Crippen molar-refractivity contribution in [2.75, 3.05) is 19.6 Å². The number of hydrogen-bond donors (Lipinski definition) is 1. The van der Waals surface area contributed by atoms with E-state index in [1.54, 1.807) is 4.90 Å². The summed E-state index contributed by atoms with van der Waals surface area (Å²) in [5.41, 5.74) is 1.04. The van der Waals surface area contributed by atoms with Crippen molar-refractivity contribution in [2.45, 2.75) is 31.5 Å². The van der Waals surface area contributed by atoms with Crippen LogP contribution in [0.5, 0.6) is 0 Å². The summed E-state index contributed by atoms with van der Waals surface area (Å²) in [4.78, 5) is 14.2. The number of alkyl halides is 3. The number of carbonyl (C=O) groups is 1. The average Bonchev–Trinajstić information content (AvgIpc) is 3.34. The zero-order chi connectivity index (χ0) is 21.3. The van der Waals surface area contributed by atoms with Crippen LogP contribution in [0.2, 0.25) is 0 Å². The van der Waals surface area contributed by atoms with Crippen LogP contribution in [-0.2, 0) is 19.6 Å². The molecule has 2 aromatic heterocycles. The number of aryl methyl sites for hydroxylation is 1. The molecule has 1 N–H and O–H groups in total. The van der Waals surface area contributed by atoms with E-state index in [-0.39, 0.29) is 12.1 Å². The number of amides is 2. The largest absolute Gasteiger partial charge is 0.435 e. The van der Waals surface area contributed by atoms with Gasteiger partial charge in [0.2, 0.25) is 0 Å². The van der Waals surface area contributed by atoms with Gasteiger partial charge in [-0.15, -0.1) is 0 Å². The van der Waals surface area contributed by atoms with Gasteiger partial charge in [0.15, 0.2) is 5.69 Å². The van der Waals surface area contributed by atoms with Gasteiger partial charge in [0, 0.05) is 44.7 Å². The van der Waals surface area contributed by atoms with Crippen LogP contribution in [0, 0.1) is 0 Å². The molecule has 2 amide bonds. The van der Waals surface area contributed by atoms with Crippen LogP contribution < -0.4 is 5.32 Å². The molecule has 1 aliphatic rings. The number of benzene rings is 1. The Bertz CT molecular complexity index is 1040. The van der Waals surface area contributed by atoms with Crippen molar-refractivity contribution < 1.29 is 18.0 Å². The predicted octanol–water partition coefficient (Wildman–Crippen LogP) is 3.38. The van der Waals surface area contributed by atoms with Crippen LogP contribution >= 0.6 is 0 Å². The van der Waals surface area contributed by atoms with Gasteiger partial charge in [-0.2, -0.15) is 23.4 Å². The number of piperidine rings is 1. The molecule has 1 fully saturated rings. The molecule has 3 heterocycles. The number of halogens is 3. The zero-order valence-electron chi connectivity index (χ0n) is 16.6. The quantitative estimate of drug-likeness (QED) is 0.704. The molecule has 3 aromatic rings. The molecule has 0 aliphatic carbocycles. The van der Waals surface area contributed by atoms with E-state index in [1.165, 1.54) is 10.9 Å². The normalized spacial score (nSPS) is 17.5. The molecule has 160 valence electrons. The number of rotatable bonds is 4. The molecule has 4 rings (SSSR count). The number of nitrogens with zero attached hydrogens (tertiary/aromatic N) is 5. The van der Waals surface area contributed by atoms with Crippen molar-refractivity contribution in [2.24, 2.45) is 7.05 Å². The molecule has 1 saturated heterocycles. The van der Waals surface area contributed by atoms with Crippen LogP contribution in [0.25, 0.3) is 10.9 Å². The maximum atomic E-state index is 12.8. The van der Waals surface area contributed by atoms with Gasteiger partial charge in [0.25, 0.3) is 0 Å². The minimum atomic E-state index is -4.47. The molecule has 0 spiro atoms. The van der Waals surface area contributed by atoms with Gasteiger partial charge in [-0.3, -0.25) is 9.36 Å². The van der Waals surface area contributed by atoms with E-state index >= 15 is 0 Å². The molecule has 7 nitrogen and oxygen atoms in total. The van der Waals surface area contributed by atoms with E-state index in [0.717, 1.165) is 22.7 Å². The summed E-state index contributed by atoms with van der Waals surface area (Å²) in [7, 11) is 1.89. The highest BCUT2D eigenvalue weighted by Gasteiger charge is 2.34. The molecule has 0 radical (unpaired) electrons. The standard InChI is InChI=1S/C20H23F3N6O/c1-27-17-7-3-2-6-15(17)16(25-27)8-10-24-19(30)28-11-4-5-14(13-28)29-12-9-18(26-29)20(21,22)23/h2-3,6-7,9,12,14H,4-5,8,10-11,13H2,1H3,(H,24,30). The van der Waals surface area contributed by atoms with Crippen LogP contribution in [0.1, 0.15) is 30.3 Å². The van der Waals surface area contributed by atoms with Crippen molar-refractivity contribution in [3.05, 3.63) is 47.9 Å². The Morgan fingerprint density at radius 2 is 2.03 bits per heavy atom. The van der Waals surface area contributed by atoms with Gasteiger partial charge < -0.3 is 10.2 Å². The van der Waals surface area contributed by atoms with Gasteiger partial charge in [-0.25, -0.2) is 4.79 Å². The zero-order valence-corrected chi connectivity index (χ0v) is 16.6. The molecule has 1 aliphatic heterocycles. The third-order valence-corrected chi connectivity index (χ3v) is 5.43. The molecule has 1 aromatic carbocycles. The summed E-state index contributed by atoms with van der Waals surface area (Å²) >= 11 is 0. The number of carbonyl (C=O) groups excluding carboxylic acids is 1. The van der Waals surface area contributed by atoms with E-state index in [0.29, 0.717) is 38.9 Å². The summed E-state index contributed by atoms with van der Waals surface area (Å²) < 4.78 is 41.5. The van der Waals surface area contributed by atoms with Crippen molar-refractivity contribution in [1.82, 2.24) is 29.8 Å². The average molecular weight is 420 g/mol. The molecule has 1 unspecified atom stereocenters. The second kappa shape index (κ2) is 8.00. The van der Waals surface area contributed by atoms with Gasteiger partial charge >= 0.3 is 12.2 Å². The number of urea groups is 1. The van der Waals surface area contributed by atoms with Gasteiger partial charge in [0.05, 0.1) is 17.3 Å². The number of nitrogens with one attached hydrogen (secondary N) is 1. The number of hydrogen-bond acceptors (Lipinski definition) is 3. The predicted molar refractivity (Wildman–Crippen MR) is 105 cm³/mol. The van der Waals surface area contributed by atoms with Gasteiger partial charge in [-0.05, 0) is 25.0 Å². The fourth-order valence-corrected chi connectivity index (χ4v) is 3.92. The lowest BCUT2D eigenvalue weighted by atomic mass is 10.1. The number of fused-ring (bicyclic) bond motifs is 1. The molecule has 1 atom stereocenters. The first-order valence-corrected chi connectivity index (χ1v) is 9.88. The van der Waals surface area contributed by atoms with E-state index < -0.39 is 11.9 Å². The third kappa shape index (κ3) is 4.12. The fraction of sp³-hybridized carbons (Fsp3) is 0.450. The highest BCUT2D eigenvalue weighted by molar-refractivity contribution is 5.82. The second-order valence-corrected chi connectivity index (χ2v) is 7.49. The molecular weight excluding hydrogens is 397 g/mol. The first kappa shape index (κ1) is 20.2. The maximum Gasteiger partial charge on any atom is 0.435 e. The Labute approximate surface area is 171 Å². The lowest BCUT2D eigenvalue weighted by Crippen LogP contribution is -2.46. The Kier molecular flexibility index (Phi) is 5.40. The molecule has 0 bridgehead atoms. The Morgan fingerprint density at radius 1 is 1.23 bits per heavy atom. The second-order valence-electron chi connectivity index (χ2n) is 7.49. The van der Waals surface area contributed by atoms with Crippen LogP contribution in [0.4, 0.5) is 18.0 Å². The Hall–Kier alpha value is -3.04. The number of likely N-dealkylation sites (tertiary alicyclic amines) is 1. The number of aromatic nitrogens is 4. The first-order valence-electron chi connectivity index (χ1n) is 9.88. The molecule has 10 heteroatoms. The molecule has 0 saturated carbocycles. The lowest BCUT2D eigenvalue weighted by molar-refractivity contribution is -0.141. The minimum absolute atomic E-state index is 0.219. The summed E-state index contributed by atoms with van der Waals surface area (Å²) in [6.07, 6.45) is -1.14. The van der Waals surface area contributed by atoms with Crippen molar-refractivity contribution in [3.63, 3.8) is 0 Å². The van der Waals surface area contributed by atoms with Crippen molar-refractivity contribution in [1.29, 1.82) is 0 Å². The number of para-hydroxylation sites is 1. The Morgan fingerprint density at radius 3 is 2.80 bits per heavy atom. The third-order valence-electron chi connectivity index (χ3n) is 5.43. The summed E-state index contributed by atoms with van der Waals surface area (Å²) in [6.45, 7) is 1.33. The topological polar surface area (TPSA) is 68.0 Å². The van der Waals surface area contributed by atoms with E-state index in [2.05, 4.69) is 15.5 Å². The fourth-order valence-electron chi connectivity index (χ4n) is 3.92. The summed E-state index contributed by atoms with van der Waals surface area (Å²) in [5.74, 6) is 0. The highest BCUT2D eigenvalue weighted by atomic mass is 19.4. The van der Waals surface area contributed by atoms with Crippen molar-refractivity contribution in [3.8, 4) is 0 Å².